The molecule has 0 aliphatic carbocycles. The Bertz CT molecular complexity index is 321. The van der Waals surface area contributed by atoms with Gasteiger partial charge >= 0.3 is 5.97 Å². The highest BCUT2D eigenvalue weighted by Crippen LogP contribution is 2.12. The van der Waals surface area contributed by atoms with Crippen molar-refractivity contribution in [3.05, 3.63) is 17.7 Å². The van der Waals surface area contributed by atoms with Gasteiger partial charge in [0.05, 0.1) is 19.1 Å². The summed E-state index contributed by atoms with van der Waals surface area (Å²) >= 11 is 0. The second kappa shape index (κ2) is 3.18. The molecule has 0 bridgehead atoms. The molecule has 5 nitrogen and oxygen atoms in total. The third-order valence-electron chi connectivity index (χ3n) is 2.22. The maximum Gasteiger partial charge on any atom is 0.323 e. The lowest BCUT2D eigenvalue weighted by molar-refractivity contribution is -0.143. The molecule has 0 radical (unpaired) electrons. The minimum atomic E-state index is -0.238. The van der Waals surface area contributed by atoms with Crippen LogP contribution in [0.4, 0.5) is 0 Å². The van der Waals surface area contributed by atoms with Crippen molar-refractivity contribution in [2.45, 2.75) is 19.0 Å². The lowest BCUT2D eigenvalue weighted by Gasteiger charge is -2.20. The molecule has 1 aromatic heterocycles. The molecule has 5 heteroatoms. The summed E-state index contributed by atoms with van der Waals surface area (Å²) in [4.78, 5) is 18.3. The molecule has 1 aliphatic rings. The van der Waals surface area contributed by atoms with Crippen LogP contribution < -0.4 is 5.32 Å². The normalized spacial score (nSPS) is 20.8. The van der Waals surface area contributed by atoms with E-state index in [9.17, 15) is 4.79 Å². The lowest BCUT2D eigenvalue weighted by Crippen LogP contribution is -2.42. The van der Waals surface area contributed by atoms with E-state index in [0.717, 1.165) is 11.4 Å². The van der Waals surface area contributed by atoms with Crippen LogP contribution in [0, 0.1) is 0 Å². The Labute approximate surface area is 75.5 Å². The molecule has 0 amide bonds. The molecule has 2 heterocycles. The number of carbonyl (C=O) groups is 1. The number of fused-ring (bicyclic) bond motifs is 1. The number of hydrogen-bond acceptors (Lipinski definition) is 4. The maximum absolute atomic E-state index is 11.2. The highest BCUT2D eigenvalue weighted by molar-refractivity contribution is 5.76. The molecule has 0 spiro atoms. The van der Waals surface area contributed by atoms with E-state index in [2.05, 4.69) is 20.0 Å². The van der Waals surface area contributed by atoms with Gasteiger partial charge in [-0.2, -0.15) is 0 Å². The second-order valence-corrected chi connectivity index (χ2v) is 2.99. The number of rotatable bonds is 1. The van der Waals surface area contributed by atoms with Gasteiger partial charge in [-0.1, -0.05) is 0 Å². The monoisotopic (exact) mass is 181 g/mol. The number of hydrogen-bond donors (Lipinski definition) is 2. The van der Waals surface area contributed by atoms with Crippen LogP contribution in [0.5, 0.6) is 0 Å². The number of esters is 1. The molecule has 70 valence electrons. The number of imidazole rings is 1. The molecule has 0 aromatic carbocycles. The van der Waals surface area contributed by atoms with E-state index in [1.165, 1.54) is 7.11 Å². The predicted molar refractivity (Wildman–Crippen MR) is 44.9 cm³/mol. The van der Waals surface area contributed by atoms with Crippen LogP contribution in [0.3, 0.4) is 0 Å². The van der Waals surface area contributed by atoms with Gasteiger partial charge in [-0.15, -0.1) is 0 Å². The average molecular weight is 181 g/mol. The number of nitrogens with zero attached hydrogens (tertiary/aromatic N) is 1. The summed E-state index contributed by atoms with van der Waals surface area (Å²) in [6.45, 7) is 0.624. The third-order valence-corrected chi connectivity index (χ3v) is 2.22. The summed E-state index contributed by atoms with van der Waals surface area (Å²) in [5, 5.41) is 3.06. The Morgan fingerprint density at radius 2 is 2.62 bits per heavy atom. The number of aromatic amines is 1. The Morgan fingerprint density at radius 3 is 3.38 bits per heavy atom. The van der Waals surface area contributed by atoms with Crippen LogP contribution in [-0.4, -0.2) is 29.1 Å². The summed E-state index contributed by atoms with van der Waals surface area (Å²) in [5.41, 5.74) is 2.01. The van der Waals surface area contributed by atoms with Gasteiger partial charge in [0.25, 0.3) is 0 Å². The van der Waals surface area contributed by atoms with E-state index < -0.39 is 0 Å². The quantitative estimate of drug-likeness (QED) is 0.578. The molecular weight excluding hydrogens is 170 g/mol. The van der Waals surface area contributed by atoms with Gasteiger partial charge in [-0.05, 0) is 0 Å². The SMILES string of the molecule is COC(=O)[C@@H]1Cc2[nH]cnc2CN1. The molecule has 1 atom stereocenters. The number of H-pyrrole nitrogens is 1. The lowest BCUT2D eigenvalue weighted by atomic mass is 10.1. The average Bonchev–Trinajstić information content (AvgIpc) is 2.63. The molecule has 0 saturated heterocycles. The zero-order valence-electron chi connectivity index (χ0n) is 7.33. The molecule has 2 N–H and O–H groups in total. The van der Waals surface area contributed by atoms with Crippen molar-refractivity contribution in [3.8, 4) is 0 Å². The van der Waals surface area contributed by atoms with Crippen molar-refractivity contribution in [2.24, 2.45) is 0 Å². The van der Waals surface area contributed by atoms with Crippen molar-refractivity contribution >= 4 is 5.97 Å². The van der Waals surface area contributed by atoms with Crippen molar-refractivity contribution in [3.63, 3.8) is 0 Å². The van der Waals surface area contributed by atoms with E-state index in [-0.39, 0.29) is 12.0 Å². The maximum atomic E-state index is 11.2. The molecule has 0 saturated carbocycles. The minimum absolute atomic E-state index is 0.222. The van der Waals surface area contributed by atoms with Crippen molar-refractivity contribution in [2.75, 3.05) is 7.11 Å². The Hall–Kier alpha value is -1.36. The Kier molecular flexibility index (Phi) is 2.02. The van der Waals surface area contributed by atoms with Crippen molar-refractivity contribution in [1.82, 2.24) is 15.3 Å². The molecule has 2 rings (SSSR count). The van der Waals surface area contributed by atoms with Crippen molar-refractivity contribution in [1.29, 1.82) is 0 Å². The predicted octanol–water partition coefficient (Wildman–Crippen LogP) is -0.403. The topological polar surface area (TPSA) is 67.0 Å². The first-order chi connectivity index (χ1) is 6.31. The highest BCUT2D eigenvalue weighted by Gasteiger charge is 2.25. The van der Waals surface area contributed by atoms with Crippen LogP contribution in [0.2, 0.25) is 0 Å². The summed E-state index contributed by atoms with van der Waals surface area (Å²) in [6.07, 6.45) is 2.27. The van der Waals surface area contributed by atoms with Gasteiger partial charge in [-0.3, -0.25) is 10.1 Å². The van der Waals surface area contributed by atoms with E-state index in [1.807, 2.05) is 0 Å². The van der Waals surface area contributed by atoms with Crippen molar-refractivity contribution < 1.29 is 9.53 Å². The smallest absolute Gasteiger partial charge is 0.323 e. The first-order valence-corrected chi connectivity index (χ1v) is 4.13. The van der Waals surface area contributed by atoms with Crippen LogP contribution in [-0.2, 0) is 22.5 Å². The fourth-order valence-corrected chi connectivity index (χ4v) is 1.48. The van der Waals surface area contributed by atoms with E-state index in [4.69, 9.17) is 0 Å². The van der Waals surface area contributed by atoms with Gasteiger partial charge in [0.1, 0.15) is 6.04 Å². The number of carbonyl (C=O) groups excluding carboxylic acids is 1. The fraction of sp³-hybridized carbons (Fsp3) is 0.500. The zero-order valence-corrected chi connectivity index (χ0v) is 7.33. The van der Waals surface area contributed by atoms with Gasteiger partial charge in [0.15, 0.2) is 0 Å². The van der Waals surface area contributed by atoms with E-state index in [0.29, 0.717) is 13.0 Å². The van der Waals surface area contributed by atoms with Gasteiger partial charge in [0.2, 0.25) is 0 Å². The van der Waals surface area contributed by atoms with Gasteiger partial charge < -0.3 is 9.72 Å². The van der Waals surface area contributed by atoms with Crippen LogP contribution in [0.1, 0.15) is 11.4 Å². The largest absolute Gasteiger partial charge is 0.468 e. The molecule has 13 heavy (non-hydrogen) atoms. The molecular formula is C8H11N3O2. The fourth-order valence-electron chi connectivity index (χ4n) is 1.48. The molecule has 0 fully saturated rings. The van der Waals surface area contributed by atoms with Gasteiger partial charge in [-0.25, -0.2) is 4.98 Å². The van der Waals surface area contributed by atoms with E-state index >= 15 is 0 Å². The Morgan fingerprint density at radius 1 is 1.77 bits per heavy atom. The number of nitrogens with one attached hydrogen (secondary N) is 2. The zero-order chi connectivity index (χ0) is 9.26. The second-order valence-electron chi connectivity index (χ2n) is 2.99. The first-order valence-electron chi connectivity index (χ1n) is 4.13. The first kappa shape index (κ1) is 8.25. The molecule has 1 aromatic rings. The molecule has 1 aliphatic heterocycles. The Balaban J connectivity index is 2.13. The summed E-state index contributed by atoms with van der Waals surface area (Å²) in [7, 11) is 1.40. The van der Waals surface area contributed by atoms with Crippen LogP contribution >= 0.6 is 0 Å². The number of aromatic nitrogens is 2. The molecule has 0 unspecified atom stereocenters. The summed E-state index contributed by atoms with van der Waals surface area (Å²) < 4.78 is 4.65. The minimum Gasteiger partial charge on any atom is -0.468 e. The summed E-state index contributed by atoms with van der Waals surface area (Å²) in [5.74, 6) is -0.222. The van der Waals surface area contributed by atoms with Gasteiger partial charge in [0, 0.05) is 18.7 Å². The third kappa shape index (κ3) is 1.42. The van der Waals surface area contributed by atoms with Crippen LogP contribution in [0.25, 0.3) is 0 Å². The summed E-state index contributed by atoms with van der Waals surface area (Å²) in [6, 6.07) is -0.238. The standard InChI is InChI=1S/C8H11N3O2/c1-13-8(12)6-2-5-7(3-9-6)11-4-10-5/h4,6,9H,2-3H2,1H3,(H,10,11)/t6-/m0/s1. The highest BCUT2D eigenvalue weighted by atomic mass is 16.5. The van der Waals surface area contributed by atoms with E-state index in [1.54, 1.807) is 6.33 Å². The van der Waals surface area contributed by atoms with Crippen LogP contribution in [0.15, 0.2) is 6.33 Å². The number of ether oxygens (including phenoxy) is 1. The number of methoxy groups -OCH3 is 1.